The molecule has 1 amide bonds. The number of nitrogens with one attached hydrogen (secondary N) is 1. The van der Waals surface area contributed by atoms with Crippen LogP contribution >= 0.6 is 27.5 Å². The van der Waals surface area contributed by atoms with E-state index in [2.05, 4.69) is 31.0 Å². The lowest BCUT2D eigenvalue weighted by Gasteiger charge is -2.19. The summed E-state index contributed by atoms with van der Waals surface area (Å²) >= 11 is 8.16. The fraction of sp³-hybridized carbons (Fsp3) is 0.333. The van der Waals surface area contributed by atoms with Crippen LogP contribution in [-0.4, -0.2) is 45.3 Å². The van der Waals surface area contributed by atoms with Crippen molar-refractivity contribution in [1.29, 1.82) is 0 Å². The second-order valence-electron chi connectivity index (χ2n) is 6.41. The SMILES string of the molecule is CS(=O)C1CCN(c2ncc(C(=O)Nc3ccc(OC(F)(F)Cl)cc3)cc2Br)C1. The number of aromatic nitrogens is 1. The minimum absolute atomic E-state index is 0.109. The van der Waals surface area contributed by atoms with Crippen molar-refractivity contribution >= 4 is 55.7 Å². The highest BCUT2D eigenvalue weighted by Crippen LogP contribution is 2.29. The van der Waals surface area contributed by atoms with E-state index in [1.54, 1.807) is 12.3 Å². The van der Waals surface area contributed by atoms with E-state index in [4.69, 9.17) is 11.6 Å². The highest BCUT2D eigenvalue weighted by atomic mass is 79.9. The number of carbonyl (C=O) groups is 1. The van der Waals surface area contributed by atoms with Gasteiger partial charge in [0.15, 0.2) is 0 Å². The van der Waals surface area contributed by atoms with Crippen molar-refractivity contribution < 1.29 is 22.5 Å². The number of rotatable bonds is 6. The third-order valence-electron chi connectivity index (χ3n) is 4.34. The standard InChI is InChI=1S/C18H17BrClF2N3O3S/c1-29(27)14-6-7-25(10-14)16-15(19)8-11(9-23-16)17(26)24-12-2-4-13(5-3-12)28-18(20,21)22/h2-5,8-9,14H,6-7,10H2,1H3,(H,24,26). The van der Waals surface area contributed by atoms with Crippen LogP contribution in [0.25, 0.3) is 0 Å². The molecule has 0 spiro atoms. The molecule has 1 aromatic heterocycles. The summed E-state index contributed by atoms with van der Waals surface area (Å²) in [6.45, 7) is 1.40. The van der Waals surface area contributed by atoms with Gasteiger partial charge in [0.1, 0.15) is 11.6 Å². The predicted octanol–water partition coefficient (Wildman–Crippen LogP) is 4.22. The summed E-state index contributed by atoms with van der Waals surface area (Å²) in [6.07, 6.45) is 3.98. The van der Waals surface area contributed by atoms with Gasteiger partial charge >= 0.3 is 5.57 Å². The molecule has 1 N–H and O–H groups in total. The molecule has 1 aromatic carbocycles. The van der Waals surface area contributed by atoms with Crippen molar-refractivity contribution in [2.45, 2.75) is 17.2 Å². The van der Waals surface area contributed by atoms with Gasteiger partial charge in [-0.1, -0.05) is 0 Å². The molecule has 2 aromatic rings. The van der Waals surface area contributed by atoms with Crippen LogP contribution < -0.4 is 15.0 Å². The molecular weight excluding hydrogens is 492 g/mol. The minimum atomic E-state index is -3.80. The first kappa shape index (κ1) is 21.9. The van der Waals surface area contributed by atoms with Crippen molar-refractivity contribution in [3.8, 4) is 5.75 Å². The third kappa shape index (κ3) is 5.86. The van der Waals surface area contributed by atoms with E-state index < -0.39 is 22.3 Å². The first-order valence-corrected chi connectivity index (χ1v) is 11.3. The van der Waals surface area contributed by atoms with Gasteiger partial charge in [0.25, 0.3) is 5.91 Å². The van der Waals surface area contributed by atoms with Crippen molar-refractivity contribution in [1.82, 2.24) is 4.98 Å². The van der Waals surface area contributed by atoms with Gasteiger partial charge in [0.2, 0.25) is 0 Å². The highest BCUT2D eigenvalue weighted by molar-refractivity contribution is 9.10. The first-order chi connectivity index (χ1) is 13.6. The molecule has 29 heavy (non-hydrogen) atoms. The molecule has 0 saturated carbocycles. The summed E-state index contributed by atoms with van der Waals surface area (Å²) in [5.41, 5.74) is -3.08. The quantitative estimate of drug-likeness (QED) is 0.592. The molecule has 0 radical (unpaired) electrons. The number of benzene rings is 1. The largest absolute Gasteiger partial charge is 0.487 e. The Labute approximate surface area is 182 Å². The van der Waals surface area contributed by atoms with Gasteiger partial charge in [-0.3, -0.25) is 9.00 Å². The number of carbonyl (C=O) groups excluding carboxylic acids is 1. The lowest BCUT2D eigenvalue weighted by atomic mass is 10.2. The molecule has 1 aliphatic heterocycles. The first-order valence-electron chi connectivity index (χ1n) is 8.52. The van der Waals surface area contributed by atoms with Crippen LogP contribution in [0.5, 0.6) is 5.75 Å². The monoisotopic (exact) mass is 507 g/mol. The summed E-state index contributed by atoms with van der Waals surface area (Å²) in [7, 11) is -0.891. The molecule has 2 atom stereocenters. The molecule has 156 valence electrons. The van der Waals surface area contributed by atoms with Gasteiger partial charge in [-0.25, -0.2) is 4.98 Å². The van der Waals surface area contributed by atoms with E-state index in [0.717, 1.165) is 13.0 Å². The lowest BCUT2D eigenvalue weighted by molar-refractivity contribution is -0.0964. The smallest absolute Gasteiger partial charge is 0.420 e. The van der Waals surface area contributed by atoms with Crippen LogP contribution in [0.2, 0.25) is 0 Å². The molecule has 0 bridgehead atoms. The Morgan fingerprint density at radius 1 is 1.41 bits per heavy atom. The van der Waals surface area contributed by atoms with E-state index in [-0.39, 0.29) is 11.0 Å². The molecule has 3 rings (SSSR count). The number of alkyl halides is 3. The van der Waals surface area contributed by atoms with E-state index in [9.17, 15) is 17.8 Å². The number of amides is 1. The zero-order valence-corrected chi connectivity index (χ0v) is 18.4. The molecule has 6 nitrogen and oxygen atoms in total. The van der Waals surface area contributed by atoms with Crippen molar-refractivity contribution in [2.24, 2.45) is 0 Å². The number of nitrogens with zero attached hydrogens (tertiary/aromatic N) is 2. The maximum absolute atomic E-state index is 12.6. The summed E-state index contributed by atoms with van der Waals surface area (Å²) in [5.74, 6) is 0.154. The Morgan fingerprint density at radius 3 is 2.66 bits per heavy atom. The highest BCUT2D eigenvalue weighted by Gasteiger charge is 2.28. The molecule has 11 heteroatoms. The van der Waals surface area contributed by atoms with E-state index >= 15 is 0 Å². The van der Waals surface area contributed by atoms with Gasteiger partial charge in [-0.2, -0.15) is 0 Å². The number of hydrogen-bond donors (Lipinski definition) is 1. The molecular formula is C18H17BrClF2N3O3S. The minimum Gasteiger partial charge on any atom is -0.420 e. The van der Waals surface area contributed by atoms with E-state index in [1.165, 1.54) is 30.5 Å². The number of pyridine rings is 1. The zero-order valence-electron chi connectivity index (χ0n) is 15.2. The fourth-order valence-corrected chi connectivity index (χ4v) is 4.44. The topological polar surface area (TPSA) is 71.5 Å². The molecule has 2 heterocycles. The van der Waals surface area contributed by atoms with Gasteiger partial charge < -0.3 is 15.0 Å². The zero-order chi connectivity index (χ0) is 21.2. The second-order valence-corrected chi connectivity index (χ2v) is 9.37. The summed E-state index contributed by atoms with van der Waals surface area (Å²) < 4.78 is 41.8. The summed E-state index contributed by atoms with van der Waals surface area (Å²) in [6, 6.07) is 7.03. The van der Waals surface area contributed by atoms with Crippen molar-refractivity contribution in [3.05, 3.63) is 46.6 Å². The van der Waals surface area contributed by atoms with Gasteiger partial charge in [0.05, 0.1) is 15.3 Å². The van der Waals surface area contributed by atoms with Gasteiger partial charge in [-0.15, -0.1) is 8.78 Å². The van der Waals surface area contributed by atoms with E-state index in [0.29, 0.717) is 28.1 Å². The Hall–Kier alpha value is -1.78. The lowest BCUT2D eigenvalue weighted by Crippen LogP contribution is -2.24. The Bertz CT molecular complexity index is 928. The van der Waals surface area contributed by atoms with E-state index in [1.807, 2.05) is 4.90 Å². The van der Waals surface area contributed by atoms with Crippen LogP contribution in [-0.2, 0) is 10.8 Å². The van der Waals surface area contributed by atoms with Crippen molar-refractivity contribution in [2.75, 3.05) is 29.6 Å². The fourth-order valence-electron chi connectivity index (χ4n) is 2.92. The Balaban J connectivity index is 1.66. The van der Waals surface area contributed by atoms with Crippen molar-refractivity contribution in [3.63, 3.8) is 0 Å². The average Bonchev–Trinajstić information content (AvgIpc) is 3.12. The Kier molecular flexibility index (Phi) is 6.75. The summed E-state index contributed by atoms with van der Waals surface area (Å²) in [5, 5.41) is 2.77. The average molecular weight is 509 g/mol. The summed E-state index contributed by atoms with van der Waals surface area (Å²) in [4.78, 5) is 18.9. The number of halogens is 4. The van der Waals surface area contributed by atoms with Gasteiger partial charge in [0, 0.05) is 53.6 Å². The predicted molar refractivity (Wildman–Crippen MR) is 112 cm³/mol. The number of anilines is 2. The molecule has 1 saturated heterocycles. The normalized spacial score (nSPS) is 17.8. The van der Waals surface area contributed by atoms with Crippen LogP contribution in [0.1, 0.15) is 16.8 Å². The molecule has 2 unspecified atom stereocenters. The van der Waals surface area contributed by atoms with Gasteiger partial charge in [-0.05, 0) is 52.7 Å². The Morgan fingerprint density at radius 2 is 2.10 bits per heavy atom. The maximum atomic E-state index is 12.6. The molecule has 1 fully saturated rings. The molecule has 0 aliphatic carbocycles. The maximum Gasteiger partial charge on any atom is 0.487 e. The number of hydrogen-bond acceptors (Lipinski definition) is 5. The third-order valence-corrected chi connectivity index (χ3v) is 6.33. The van der Waals surface area contributed by atoms with Crippen LogP contribution in [0.3, 0.4) is 0 Å². The van der Waals surface area contributed by atoms with Crippen LogP contribution in [0.15, 0.2) is 41.0 Å². The van der Waals surface area contributed by atoms with Crippen LogP contribution in [0, 0.1) is 0 Å². The van der Waals surface area contributed by atoms with Crippen LogP contribution in [0.4, 0.5) is 20.3 Å². The number of ether oxygens (including phenoxy) is 1. The molecule has 1 aliphatic rings. The second kappa shape index (κ2) is 8.93.